The predicted octanol–water partition coefficient (Wildman–Crippen LogP) is 4.50. The minimum Gasteiger partial charge on any atom is -0.493 e. The standard InChI is InChI=1S/C20H33NO3S/c1-20(2,3)12-5-4-6-13-25(22,23)21-15-18-8-7-9-19(14-18)24-16-17-10-11-17/h7-9,14,17,21H,4-6,10-13,15-16H2,1-3H3. The van der Waals surface area contributed by atoms with Crippen molar-refractivity contribution in [2.75, 3.05) is 12.4 Å². The molecule has 142 valence electrons. The number of ether oxygens (including phenoxy) is 1. The third kappa shape index (κ3) is 9.26. The molecule has 0 bridgehead atoms. The van der Waals surface area contributed by atoms with Crippen LogP contribution in [0.4, 0.5) is 0 Å². The van der Waals surface area contributed by atoms with Crippen molar-refractivity contribution in [3.8, 4) is 5.75 Å². The molecule has 1 saturated carbocycles. The topological polar surface area (TPSA) is 55.4 Å². The Labute approximate surface area is 153 Å². The molecular weight excluding hydrogens is 334 g/mol. The monoisotopic (exact) mass is 367 g/mol. The molecule has 1 aromatic carbocycles. The van der Waals surface area contributed by atoms with E-state index in [-0.39, 0.29) is 5.75 Å². The molecule has 0 aromatic heterocycles. The second-order valence-electron chi connectivity index (χ2n) is 8.41. The number of unbranched alkanes of at least 4 members (excludes halogenated alkanes) is 2. The maximum Gasteiger partial charge on any atom is 0.211 e. The third-order valence-electron chi connectivity index (χ3n) is 4.42. The van der Waals surface area contributed by atoms with E-state index >= 15 is 0 Å². The van der Waals surface area contributed by atoms with E-state index in [9.17, 15) is 8.42 Å². The van der Waals surface area contributed by atoms with Gasteiger partial charge in [-0.3, -0.25) is 0 Å². The summed E-state index contributed by atoms with van der Waals surface area (Å²) >= 11 is 0. The highest BCUT2D eigenvalue weighted by Gasteiger charge is 2.21. The van der Waals surface area contributed by atoms with E-state index in [4.69, 9.17) is 4.74 Å². The van der Waals surface area contributed by atoms with E-state index in [0.29, 0.717) is 17.9 Å². The number of nitrogens with one attached hydrogen (secondary N) is 1. The molecular formula is C20H33NO3S. The van der Waals surface area contributed by atoms with Gasteiger partial charge in [0.15, 0.2) is 0 Å². The molecule has 1 N–H and O–H groups in total. The number of hydrogen-bond donors (Lipinski definition) is 1. The Morgan fingerprint density at radius 3 is 2.60 bits per heavy atom. The molecule has 0 saturated heterocycles. The quantitative estimate of drug-likeness (QED) is 0.586. The first-order valence-corrected chi connectivity index (χ1v) is 11.1. The van der Waals surface area contributed by atoms with Gasteiger partial charge in [-0.2, -0.15) is 0 Å². The zero-order chi connectivity index (χ0) is 18.3. The predicted molar refractivity (Wildman–Crippen MR) is 103 cm³/mol. The summed E-state index contributed by atoms with van der Waals surface area (Å²) < 4.78 is 32.7. The zero-order valence-electron chi connectivity index (χ0n) is 15.9. The first kappa shape index (κ1) is 20.2. The first-order chi connectivity index (χ1) is 11.7. The molecule has 0 unspecified atom stereocenters. The SMILES string of the molecule is CC(C)(C)CCCCCS(=O)(=O)NCc1cccc(OCC2CC2)c1. The molecule has 0 atom stereocenters. The van der Waals surface area contributed by atoms with Gasteiger partial charge in [0.25, 0.3) is 0 Å². The zero-order valence-corrected chi connectivity index (χ0v) is 16.7. The summed E-state index contributed by atoms with van der Waals surface area (Å²) in [4.78, 5) is 0. The fourth-order valence-electron chi connectivity index (χ4n) is 2.63. The summed E-state index contributed by atoms with van der Waals surface area (Å²) in [5, 5.41) is 0. The minimum atomic E-state index is -3.22. The second-order valence-corrected chi connectivity index (χ2v) is 10.3. The summed E-state index contributed by atoms with van der Waals surface area (Å²) in [6.07, 6.45) is 6.41. The van der Waals surface area contributed by atoms with Gasteiger partial charge in [0, 0.05) is 6.54 Å². The van der Waals surface area contributed by atoms with Crippen molar-refractivity contribution in [1.29, 1.82) is 0 Å². The van der Waals surface area contributed by atoms with Crippen LogP contribution in [0.2, 0.25) is 0 Å². The molecule has 2 rings (SSSR count). The Morgan fingerprint density at radius 1 is 1.16 bits per heavy atom. The van der Waals surface area contributed by atoms with E-state index in [0.717, 1.165) is 43.6 Å². The average molecular weight is 368 g/mol. The van der Waals surface area contributed by atoms with Crippen molar-refractivity contribution < 1.29 is 13.2 Å². The van der Waals surface area contributed by atoms with Gasteiger partial charge in [0.05, 0.1) is 12.4 Å². The Kier molecular flexibility index (Phi) is 7.32. The van der Waals surface area contributed by atoms with Crippen LogP contribution < -0.4 is 9.46 Å². The highest BCUT2D eigenvalue weighted by atomic mass is 32.2. The molecule has 0 radical (unpaired) electrons. The van der Waals surface area contributed by atoms with Gasteiger partial charge in [-0.1, -0.05) is 45.7 Å². The van der Waals surface area contributed by atoms with Crippen LogP contribution in [0.5, 0.6) is 5.75 Å². The first-order valence-electron chi connectivity index (χ1n) is 9.43. The molecule has 1 aliphatic rings. The summed E-state index contributed by atoms with van der Waals surface area (Å²) in [5.41, 5.74) is 1.26. The van der Waals surface area contributed by atoms with Crippen LogP contribution >= 0.6 is 0 Å². The lowest BCUT2D eigenvalue weighted by molar-refractivity contribution is 0.299. The van der Waals surface area contributed by atoms with Gasteiger partial charge in [0.2, 0.25) is 10.0 Å². The van der Waals surface area contributed by atoms with Gasteiger partial charge in [-0.15, -0.1) is 0 Å². The van der Waals surface area contributed by atoms with Crippen molar-refractivity contribution in [1.82, 2.24) is 4.72 Å². The lowest BCUT2D eigenvalue weighted by Crippen LogP contribution is -2.26. The van der Waals surface area contributed by atoms with E-state index in [2.05, 4.69) is 25.5 Å². The maximum atomic E-state index is 12.1. The Balaban J connectivity index is 1.68. The van der Waals surface area contributed by atoms with E-state index in [1.165, 1.54) is 12.8 Å². The van der Waals surface area contributed by atoms with Crippen molar-refractivity contribution in [3.05, 3.63) is 29.8 Å². The highest BCUT2D eigenvalue weighted by Crippen LogP contribution is 2.29. The number of benzene rings is 1. The molecule has 1 fully saturated rings. The van der Waals surface area contributed by atoms with Gasteiger partial charge in [0.1, 0.15) is 5.75 Å². The lowest BCUT2D eigenvalue weighted by atomic mass is 9.90. The summed E-state index contributed by atoms with van der Waals surface area (Å²) in [6, 6.07) is 7.69. The maximum absolute atomic E-state index is 12.1. The van der Waals surface area contributed by atoms with Crippen LogP contribution in [0.25, 0.3) is 0 Å². The van der Waals surface area contributed by atoms with Gasteiger partial charge in [-0.25, -0.2) is 13.1 Å². The smallest absolute Gasteiger partial charge is 0.211 e. The van der Waals surface area contributed by atoms with E-state index < -0.39 is 10.0 Å². The normalized spacial score (nSPS) is 15.3. The largest absolute Gasteiger partial charge is 0.493 e. The summed E-state index contributed by atoms with van der Waals surface area (Å²) in [7, 11) is -3.22. The van der Waals surface area contributed by atoms with Gasteiger partial charge >= 0.3 is 0 Å². The highest BCUT2D eigenvalue weighted by molar-refractivity contribution is 7.89. The van der Waals surface area contributed by atoms with Crippen molar-refractivity contribution in [2.45, 2.75) is 65.8 Å². The lowest BCUT2D eigenvalue weighted by Gasteiger charge is -2.17. The van der Waals surface area contributed by atoms with Crippen LogP contribution in [0.15, 0.2) is 24.3 Å². The molecule has 4 nitrogen and oxygen atoms in total. The molecule has 1 aromatic rings. The van der Waals surface area contributed by atoms with Crippen LogP contribution in [-0.4, -0.2) is 20.8 Å². The van der Waals surface area contributed by atoms with Gasteiger partial charge < -0.3 is 4.74 Å². The molecule has 0 spiro atoms. The van der Waals surface area contributed by atoms with Crippen LogP contribution in [0.1, 0.15) is 64.9 Å². The summed E-state index contributed by atoms with van der Waals surface area (Å²) in [5.74, 6) is 1.74. The third-order valence-corrected chi connectivity index (χ3v) is 5.83. The molecule has 25 heavy (non-hydrogen) atoms. The van der Waals surface area contributed by atoms with Crippen molar-refractivity contribution in [2.24, 2.45) is 11.3 Å². The molecule has 0 aliphatic heterocycles. The Morgan fingerprint density at radius 2 is 1.92 bits per heavy atom. The Bertz CT molecular complexity index is 631. The van der Waals surface area contributed by atoms with E-state index in [1.54, 1.807) is 0 Å². The van der Waals surface area contributed by atoms with Crippen LogP contribution in [0.3, 0.4) is 0 Å². The van der Waals surface area contributed by atoms with Crippen molar-refractivity contribution >= 4 is 10.0 Å². The number of sulfonamides is 1. The Hall–Kier alpha value is -1.07. The molecule has 0 amide bonds. The van der Waals surface area contributed by atoms with Gasteiger partial charge in [-0.05, 0) is 54.7 Å². The number of hydrogen-bond acceptors (Lipinski definition) is 3. The number of rotatable bonds is 11. The van der Waals surface area contributed by atoms with Crippen molar-refractivity contribution in [3.63, 3.8) is 0 Å². The van der Waals surface area contributed by atoms with E-state index in [1.807, 2.05) is 24.3 Å². The minimum absolute atomic E-state index is 0.203. The van der Waals surface area contributed by atoms with Crippen LogP contribution in [0, 0.1) is 11.3 Å². The average Bonchev–Trinajstić information content (AvgIpc) is 3.34. The molecule has 0 heterocycles. The second kappa shape index (κ2) is 9.04. The van der Waals surface area contributed by atoms with Crippen LogP contribution in [-0.2, 0) is 16.6 Å². The molecule has 1 aliphatic carbocycles. The fraction of sp³-hybridized carbons (Fsp3) is 0.700. The molecule has 5 heteroatoms. The summed E-state index contributed by atoms with van der Waals surface area (Å²) in [6.45, 7) is 7.74. The fourth-order valence-corrected chi connectivity index (χ4v) is 3.75.